The fraction of sp³-hybridized carbons (Fsp3) is 0.500. The van der Waals surface area contributed by atoms with Gasteiger partial charge in [0.1, 0.15) is 0 Å². The summed E-state index contributed by atoms with van der Waals surface area (Å²) in [6.07, 6.45) is 0. The molecule has 90 valence electrons. The third kappa shape index (κ3) is 2.09. The zero-order chi connectivity index (χ0) is 10.9. The van der Waals surface area contributed by atoms with Crippen molar-refractivity contribution in [2.75, 3.05) is 13.1 Å². The maximum Gasteiger partial charge on any atom is 0.160 e. The summed E-state index contributed by atoms with van der Waals surface area (Å²) in [5.74, 6) is 0. The average molecular weight is 243 g/mol. The van der Waals surface area contributed by atoms with Gasteiger partial charge in [0, 0.05) is 18.7 Å². The van der Waals surface area contributed by atoms with Crippen LogP contribution < -0.4 is 10.6 Å². The molecule has 1 unspecified atom stereocenters. The molecule has 1 atom stereocenters. The van der Waals surface area contributed by atoms with E-state index in [9.17, 15) is 5.11 Å². The maximum absolute atomic E-state index is 10.7. The highest BCUT2D eigenvalue weighted by molar-refractivity contribution is 5.85. The predicted octanol–water partition coefficient (Wildman–Crippen LogP) is 1.22. The van der Waals surface area contributed by atoms with Crippen LogP contribution in [0.25, 0.3) is 0 Å². The fourth-order valence-electron chi connectivity index (χ4n) is 2.11. The number of benzene rings is 1. The Balaban J connectivity index is 0.00000128. The zero-order valence-electron chi connectivity index (χ0n) is 9.66. The Morgan fingerprint density at radius 2 is 1.62 bits per heavy atom. The Bertz CT molecular complexity index is 342. The first-order valence-corrected chi connectivity index (χ1v) is 5.34. The lowest BCUT2D eigenvalue weighted by molar-refractivity contribution is -0.0890. The van der Waals surface area contributed by atoms with Crippen molar-refractivity contribution in [3.05, 3.63) is 35.9 Å². The van der Waals surface area contributed by atoms with Crippen molar-refractivity contribution in [1.29, 1.82) is 0 Å². The molecule has 1 aromatic rings. The smallest absolute Gasteiger partial charge is 0.160 e. The Morgan fingerprint density at radius 1 is 1.06 bits per heavy atom. The molecule has 0 aliphatic carbocycles. The highest BCUT2D eigenvalue weighted by atomic mass is 35.5. The van der Waals surface area contributed by atoms with Gasteiger partial charge in [0.25, 0.3) is 0 Å². The molecule has 0 radical (unpaired) electrons. The SMILES string of the molecule is CC1(C)NCCNC1(O)c1ccccc1.Cl. The van der Waals surface area contributed by atoms with Crippen LogP contribution in [0.1, 0.15) is 19.4 Å². The number of halogens is 1. The maximum atomic E-state index is 10.7. The van der Waals surface area contributed by atoms with Crippen molar-refractivity contribution < 1.29 is 5.11 Å². The molecule has 0 bridgehead atoms. The molecule has 0 aromatic heterocycles. The molecule has 3 N–H and O–H groups in total. The second-order valence-electron chi connectivity index (χ2n) is 4.55. The van der Waals surface area contributed by atoms with Crippen LogP contribution in [0, 0.1) is 0 Å². The van der Waals surface area contributed by atoms with E-state index in [0.717, 1.165) is 18.7 Å². The molecule has 1 aliphatic heterocycles. The lowest BCUT2D eigenvalue weighted by atomic mass is 9.83. The lowest BCUT2D eigenvalue weighted by Crippen LogP contribution is -2.69. The minimum absolute atomic E-state index is 0. The lowest BCUT2D eigenvalue weighted by Gasteiger charge is -2.47. The number of hydrogen-bond donors (Lipinski definition) is 3. The second-order valence-corrected chi connectivity index (χ2v) is 4.55. The minimum atomic E-state index is -0.994. The molecule has 0 amide bonds. The van der Waals surface area contributed by atoms with E-state index < -0.39 is 5.72 Å². The zero-order valence-corrected chi connectivity index (χ0v) is 10.5. The van der Waals surface area contributed by atoms with Crippen molar-refractivity contribution in [1.82, 2.24) is 10.6 Å². The van der Waals surface area contributed by atoms with Crippen molar-refractivity contribution in [3.8, 4) is 0 Å². The quantitative estimate of drug-likeness (QED) is 0.694. The highest BCUT2D eigenvalue weighted by Gasteiger charge is 2.46. The first-order chi connectivity index (χ1) is 7.06. The summed E-state index contributed by atoms with van der Waals surface area (Å²) in [4.78, 5) is 0. The van der Waals surface area contributed by atoms with Crippen molar-refractivity contribution in [2.45, 2.75) is 25.1 Å². The van der Waals surface area contributed by atoms with Gasteiger partial charge < -0.3 is 10.4 Å². The molecule has 1 aliphatic rings. The highest BCUT2D eigenvalue weighted by Crippen LogP contribution is 2.31. The van der Waals surface area contributed by atoms with Gasteiger partial charge in [0.2, 0.25) is 0 Å². The summed E-state index contributed by atoms with van der Waals surface area (Å²) in [5, 5.41) is 17.2. The Morgan fingerprint density at radius 3 is 2.19 bits per heavy atom. The fourth-order valence-corrected chi connectivity index (χ4v) is 2.11. The first-order valence-electron chi connectivity index (χ1n) is 5.34. The summed E-state index contributed by atoms with van der Waals surface area (Å²) < 4.78 is 0. The largest absolute Gasteiger partial charge is 0.370 e. The predicted molar refractivity (Wildman–Crippen MR) is 67.7 cm³/mol. The van der Waals surface area contributed by atoms with E-state index in [0.29, 0.717) is 0 Å². The van der Waals surface area contributed by atoms with E-state index in [4.69, 9.17) is 0 Å². The van der Waals surface area contributed by atoms with Gasteiger partial charge in [0.15, 0.2) is 5.72 Å². The van der Waals surface area contributed by atoms with Crippen molar-refractivity contribution >= 4 is 12.4 Å². The first kappa shape index (κ1) is 13.5. The van der Waals surface area contributed by atoms with Crippen LogP contribution in [0.4, 0.5) is 0 Å². The number of nitrogens with one attached hydrogen (secondary N) is 2. The van der Waals surface area contributed by atoms with E-state index in [1.807, 2.05) is 44.2 Å². The molecule has 1 fully saturated rings. The van der Waals surface area contributed by atoms with E-state index >= 15 is 0 Å². The molecular weight excluding hydrogens is 224 g/mol. The van der Waals surface area contributed by atoms with Crippen molar-refractivity contribution in [3.63, 3.8) is 0 Å². The standard InChI is InChI=1S/C12H18N2O.ClH/c1-11(2)12(15,14-9-8-13-11)10-6-4-3-5-7-10;/h3-7,13-15H,8-9H2,1-2H3;1H. The summed E-state index contributed by atoms with van der Waals surface area (Å²) in [7, 11) is 0. The summed E-state index contributed by atoms with van der Waals surface area (Å²) in [6, 6.07) is 9.74. The summed E-state index contributed by atoms with van der Waals surface area (Å²) in [6.45, 7) is 5.66. The van der Waals surface area contributed by atoms with Gasteiger partial charge in [-0.15, -0.1) is 12.4 Å². The van der Waals surface area contributed by atoms with E-state index in [2.05, 4.69) is 10.6 Å². The topological polar surface area (TPSA) is 44.3 Å². The minimum Gasteiger partial charge on any atom is -0.370 e. The molecule has 16 heavy (non-hydrogen) atoms. The van der Waals surface area contributed by atoms with Gasteiger partial charge in [-0.2, -0.15) is 0 Å². The third-order valence-corrected chi connectivity index (χ3v) is 3.17. The molecule has 3 nitrogen and oxygen atoms in total. The van der Waals surface area contributed by atoms with Gasteiger partial charge in [-0.25, -0.2) is 0 Å². The van der Waals surface area contributed by atoms with Crippen LogP contribution in [0.2, 0.25) is 0 Å². The summed E-state index contributed by atoms with van der Waals surface area (Å²) >= 11 is 0. The molecule has 1 heterocycles. The van der Waals surface area contributed by atoms with E-state index in [1.165, 1.54) is 0 Å². The van der Waals surface area contributed by atoms with Gasteiger partial charge in [-0.05, 0) is 13.8 Å². The van der Waals surface area contributed by atoms with Gasteiger partial charge in [-0.3, -0.25) is 5.32 Å². The molecule has 0 spiro atoms. The van der Waals surface area contributed by atoms with Gasteiger partial charge in [-0.1, -0.05) is 30.3 Å². The van der Waals surface area contributed by atoms with Crippen molar-refractivity contribution in [2.24, 2.45) is 0 Å². The van der Waals surface area contributed by atoms with Crippen LogP contribution in [-0.2, 0) is 5.72 Å². The number of aliphatic hydroxyl groups is 1. The Hall–Kier alpha value is -0.610. The van der Waals surface area contributed by atoms with Gasteiger partial charge >= 0.3 is 0 Å². The third-order valence-electron chi connectivity index (χ3n) is 3.17. The Labute approximate surface area is 103 Å². The van der Waals surface area contributed by atoms with Crippen LogP contribution in [-0.4, -0.2) is 23.7 Å². The van der Waals surface area contributed by atoms with Crippen LogP contribution in [0.15, 0.2) is 30.3 Å². The average Bonchev–Trinajstić information content (AvgIpc) is 2.24. The van der Waals surface area contributed by atoms with E-state index in [-0.39, 0.29) is 17.9 Å². The second kappa shape index (κ2) is 4.72. The number of hydrogen-bond acceptors (Lipinski definition) is 3. The normalized spacial score (nSPS) is 28.2. The van der Waals surface area contributed by atoms with Gasteiger partial charge in [0.05, 0.1) is 5.54 Å². The molecule has 0 saturated carbocycles. The number of rotatable bonds is 1. The molecule has 1 aromatic carbocycles. The van der Waals surface area contributed by atoms with Crippen LogP contribution in [0.3, 0.4) is 0 Å². The Kier molecular flexibility index (Phi) is 3.97. The molecule has 1 saturated heterocycles. The monoisotopic (exact) mass is 242 g/mol. The molecule has 2 rings (SSSR count). The van der Waals surface area contributed by atoms with E-state index in [1.54, 1.807) is 0 Å². The summed E-state index contributed by atoms with van der Waals surface area (Å²) in [5.41, 5.74) is -0.457. The van der Waals surface area contributed by atoms with Crippen LogP contribution in [0.5, 0.6) is 0 Å². The van der Waals surface area contributed by atoms with Crippen LogP contribution >= 0.6 is 12.4 Å². The number of piperazine rings is 1. The molecular formula is C12H19ClN2O. The molecule has 4 heteroatoms.